The molecule has 0 aliphatic carbocycles. The topological polar surface area (TPSA) is 74.1 Å². The third-order valence-corrected chi connectivity index (χ3v) is 2.89. The second-order valence-corrected chi connectivity index (χ2v) is 4.95. The van der Waals surface area contributed by atoms with Crippen molar-refractivity contribution in [2.24, 2.45) is 5.73 Å². The molecule has 0 radical (unpaired) electrons. The quantitative estimate of drug-likeness (QED) is 0.674. The molecule has 0 bridgehead atoms. The monoisotopic (exact) mass is 277 g/mol. The fourth-order valence-electron chi connectivity index (χ4n) is 2.12. The van der Waals surface area contributed by atoms with Gasteiger partial charge in [-0.25, -0.2) is 4.39 Å². The minimum absolute atomic E-state index is 0.0705. The van der Waals surface area contributed by atoms with Gasteiger partial charge in [0.25, 0.3) is 5.69 Å². The van der Waals surface area contributed by atoms with Crippen LogP contribution in [0, 0.1) is 15.9 Å². The van der Waals surface area contributed by atoms with Gasteiger partial charge in [0.1, 0.15) is 5.82 Å². The molecule has 0 aliphatic rings. The zero-order chi connectivity index (χ0) is 14.7. The molecule has 0 saturated heterocycles. The molecule has 2 N–H and O–H groups in total. The molecule has 2 aromatic rings. The van der Waals surface area contributed by atoms with Gasteiger partial charge in [-0.2, -0.15) is 0 Å². The molecule has 20 heavy (non-hydrogen) atoms. The number of non-ortho nitro benzene ring substituents is 1. The highest BCUT2D eigenvalue weighted by Gasteiger charge is 2.10. The molecular weight excluding hydrogens is 261 g/mol. The molecule has 1 aromatic carbocycles. The number of nitro benzene ring substituents is 1. The molecule has 0 saturated carbocycles. The zero-order valence-electron chi connectivity index (χ0n) is 11.1. The van der Waals surface area contributed by atoms with Crippen molar-refractivity contribution >= 4 is 5.69 Å². The lowest BCUT2D eigenvalue weighted by Gasteiger charge is -2.04. The third-order valence-electron chi connectivity index (χ3n) is 2.89. The van der Waals surface area contributed by atoms with Gasteiger partial charge in [-0.05, 0) is 36.6 Å². The van der Waals surface area contributed by atoms with Crippen molar-refractivity contribution in [2.75, 3.05) is 0 Å². The fraction of sp³-hybridized carbons (Fsp3) is 0.286. The molecular formula is C14H16FN3O2. The summed E-state index contributed by atoms with van der Waals surface area (Å²) in [4.78, 5) is 10.1. The van der Waals surface area contributed by atoms with Crippen LogP contribution in [-0.4, -0.2) is 15.5 Å². The average Bonchev–Trinajstić information content (AvgIpc) is 2.74. The highest BCUT2D eigenvalue weighted by atomic mass is 19.1. The van der Waals surface area contributed by atoms with Gasteiger partial charge in [0.2, 0.25) is 0 Å². The van der Waals surface area contributed by atoms with E-state index in [-0.39, 0.29) is 11.7 Å². The van der Waals surface area contributed by atoms with Crippen molar-refractivity contribution in [3.05, 3.63) is 63.7 Å². The Kier molecular flexibility index (Phi) is 4.14. The summed E-state index contributed by atoms with van der Waals surface area (Å²) in [6, 6.07) is 5.62. The van der Waals surface area contributed by atoms with Crippen molar-refractivity contribution in [1.82, 2.24) is 4.57 Å². The standard InChI is InChI=1S/C14H16FN3O2/c1-10(16)4-11-2-3-17(8-11)9-12-5-13(15)7-14(6-12)18(19)20/h2-3,5-8,10H,4,9,16H2,1H3. The van der Waals surface area contributed by atoms with Crippen LogP contribution in [0.5, 0.6) is 0 Å². The number of nitrogens with two attached hydrogens (primary N) is 1. The summed E-state index contributed by atoms with van der Waals surface area (Å²) in [5.41, 5.74) is 7.14. The molecule has 106 valence electrons. The molecule has 6 heteroatoms. The van der Waals surface area contributed by atoms with Crippen LogP contribution in [0.3, 0.4) is 0 Å². The van der Waals surface area contributed by atoms with E-state index in [4.69, 9.17) is 5.73 Å². The smallest absolute Gasteiger partial charge is 0.272 e. The molecule has 1 unspecified atom stereocenters. The van der Waals surface area contributed by atoms with Crippen LogP contribution < -0.4 is 5.73 Å². The van der Waals surface area contributed by atoms with Gasteiger partial charge in [0, 0.05) is 31.0 Å². The van der Waals surface area contributed by atoms with Crippen LogP contribution in [0.25, 0.3) is 0 Å². The molecule has 0 spiro atoms. The predicted molar refractivity (Wildman–Crippen MR) is 73.9 cm³/mol. The Balaban J connectivity index is 2.17. The van der Waals surface area contributed by atoms with E-state index >= 15 is 0 Å². The average molecular weight is 277 g/mol. The van der Waals surface area contributed by atoms with E-state index in [1.165, 1.54) is 12.1 Å². The van der Waals surface area contributed by atoms with Gasteiger partial charge in [0.15, 0.2) is 0 Å². The Morgan fingerprint density at radius 3 is 2.80 bits per heavy atom. The lowest BCUT2D eigenvalue weighted by molar-refractivity contribution is -0.385. The SMILES string of the molecule is CC(N)Cc1ccn(Cc2cc(F)cc([N+](=O)[O-])c2)c1. The second kappa shape index (κ2) is 5.83. The first-order chi connectivity index (χ1) is 9.44. The van der Waals surface area contributed by atoms with Crippen molar-refractivity contribution in [3.63, 3.8) is 0 Å². The molecule has 0 amide bonds. The van der Waals surface area contributed by atoms with E-state index in [0.717, 1.165) is 18.1 Å². The molecule has 0 fully saturated rings. The fourth-order valence-corrected chi connectivity index (χ4v) is 2.12. The molecule has 5 nitrogen and oxygen atoms in total. The number of hydrogen-bond acceptors (Lipinski definition) is 3. The molecule has 2 rings (SSSR count). The first-order valence-corrected chi connectivity index (χ1v) is 6.28. The summed E-state index contributed by atoms with van der Waals surface area (Å²) >= 11 is 0. The van der Waals surface area contributed by atoms with Crippen molar-refractivity contribution in [2.45, 2.75) is 25.9 Å². The van der Waals surface area contributed by atoms with E-state index in [0.29, 0.717) is 12.1 Å². The maximum atomic E-state index is 13.3. The van der Waals surface area contributed by atoms with Gasteiger partial charge in [-0.15, -0.1) is 0 Å². The van der Waals surface area contributed by atoms with Crippen molar-refractivity contribution in [1.29, 1.82) is 0 Å². The van der Waals surface area contributed by atoms with Gasteiger partial charge < -0.3 is 10.3 Å². The minimum atomic E-state index is -0.600. The Hall–Kier alpha value is -2.21. The van der Waals surface area contributed by atoms with E-state index in [1.54, 1.807) is 0 Å². The van der Waals surface area contributed by atoms with E-state index in [1.807, 2.05) is 30.0 Å². The lowest BCUT2D eigenvalue weighted by Crippen LogP contribution is -2.17. The van der Waals surface area contributed by atoms with Crippen LogP contribution >= 0.6 is 0 Å². The van der Waals surface area contributed by atoms with Crippen molar-refractivity contribution in [3.8, 4) is 0 Å². The number of nitro groups is 1. The van der Waals surface area contributed by atoms with E-state index in [2.05, 4.69) is 0 Å². The predicted octanol–water partition coefficient (Wildman–Crippen LogP) is 2.47. The Bertz CT molecular complexity index is 623. The summed E-state index contributed by atoms with van der Waals surface area (Å²) in [5.74, 6) is -0.600. The first-order valence-electron chi connectivity index (χ1n) is 6.28. The Morgan fingerprint density at radius 1 is 1.40 bits per heavy atom. The summed E-state index contributed by atoms with van der Waals surface area (Å²) in [6.07, 6.45) is 4.53. The highest BCUT2D eigenvalue weighted by Crippen LogP contribution is 2.17. The Labute approximate surface area is 116 Å². The number of aromatic nitrogens is 1. The van der Waals surface area contributed by atoms with Gasteiger partial charge in [-0.1, -0.05) is 0 Å². The number of benzene rings is 1. The Morgan fingerprint density at radius 2 is 2.15 bits per heavy atom. The second-order valence-electron chi connectivity index (χ2n) is 4.95. The van der Waals surface area contributed by atoms with Crippen LogP contribution in [0.15, 0.2) is 36.7 Å². The van der Waals surface area contributed by atoms with Crippen molar-refractivity contribution < 1.29 is 9.31 Å². The number of rotatable bonds is 5. The van der Waals surface area contributed by atoms with Gasteiger partial charge in [0.05, 0.1) is 11.0 Å². The maximum Gasteiger partial charge on any atom is 0.272 e. The number of hydrogen-bond donors (Lipinski definition) is 1. The van der Waals surface area contributed by atoms with Crippen LogP contribution in [0.2, 0.25) is 0 Å². The normalized spacial score (nSPS) is 12.3. The molecule has 1 heterocycles. The van der Waals surface area contributed by atoms with Gasteiger partial charge in [-0.3, -0.25) is 10.1 Å². The maximum absolute atomic E-state index is 13.3. The first kappa shape index (κ1) is 14.2. The third kappa shape index (κ3) is 3.64. The summed E-state index contributed by atoms with van der Waals surface area (Å²) in [7, 11) is 0. The minimum Gasteiger partial charge on any atom is -0.350 e. The summed E-state index contributed by atoms with van der Waals surface area (Å²) in [5, 5.41) is 10.7. The number of nitrogens with zero attached hydrogens (tertiary/aromatic N) is 2. The van der Waals surface area contributed by atoms with Gasteiger partial charge >= 0.3 is 0 Å². The molecule has 1 aromatic heterocycles. The molecule has 0 aliphatic heterocycles. The largest absolute Gasteiger partial charge is 0.350 e. The molecule has 1 atom stereocenters. The van der Waals surface area contributed by atoms with Crippen LogP contribution in [-0.2, 0) is 13.0 Å². The zero-order valence-corrected chi connectivity index (χ0v) is 11.1. The van der Waals surface area contributed by atoms with Crippen LogP contribution in [0.1, 0.15) is 18.1 Å². The summed E-state index contributed by atoms with van der Waals surface area (Å²) in [6.45, 7) is 2.31. The van der Waals surface area contributed by atoms with E-state index < -0.39 is 10.7 Å². The lowest BCUT2D eigenvalue weighted by atomic mass is 10.1. The number of halogens is 1. The summed E-state index contributed by atoms with van der Waals surface area (Å²) < 4.78 is 15.2. The highest BCUT2D eigenvalue weighted by molar-refractivity contribution is 5.35. The van der Waals surface area contributed by atoms with Crippen LogP contribution in [0.4, 0.5) is 10.1 Å². The van der Waals surface area contributed by atoms with E-state index in [9.17, 15) is 14.5 Å².